The number of oxime groups is 1. The maximum absolute atomic E-state index is 8.66. The lowest BCUT2D eigenvalue weighted by Gasteiger charge is -2.08. The summed E-state index contributed by atoms with van der Waals surface area (Å²) in [5.41, 5.74) is 14.0. The quantitative estimate of drug-likeness (QED) is 0.145. The van der Waals surface area contributed by atoms with Crippen molar-refractivity contribution in [1.82, 2.24) is 4.98 Å². The van der Waals surface area contributed by atoms with Crippen LogP contribution >= 0.6 is 11.3 Å². The molecular weight excluding hydrogens is 400 g/mol. The lowest BCUT2D eigenvalue weighted by Crippen LogP contribution is -2.12. The topological polar surface area (TPSA) is 116 Å². The van der Waals surface area contributed by atoms with Gasteiger partial charge in [-0.25, -0.2) is 4.98 Å². The SMILES string of the molecule is Cc1nc(-c2ccc(OCCCCCOc3ccc(/C(N)=N\O)cc3)cc2)c(N)s1. The van der Waals surface area contributed by atoms with Gasteiger partial charge in [-0.05, 0) is 74.7 Å². The molecule has 0 aliphatic rings. The Bertz CT molecular complexity index is 969. The molecule has 30 heavy (non-hydrogen) atoms. The average Bonchev–Trinajstić information content (AvgIpc) is 3.11. The van der Waals surface area contributed by atoms with Crippen molar-refractivity contribution in [3.05, 3.63) is 59.1 Å². The average molecular weight is 427 g/mol. The van der Waals surface area contributed by atoms with Gasteiger partial charge in [0.05, 0.1) is 18.2 Å². The first-order valence-electron chi connectivity index (χ1n) is 9.73. The summed E-state index contributed by atoms with van der Waals surface area (Å²) in [5, 5.41) is 13.3. The molecule has 0 saturated heterocycles. The van der Waals surface area contributed by atoms with E-state index in [1.54, 1.807) is 24.3 Å². The zero-order chi connectivity index (χ0) is 21.3. The summed E-state index contributed by atoms with van der Waals surface area (Å²) in [6.07, 6.45) is 2.90. The van der Waals surface area contributed by atoms with E-state index in [0.717, 1.165) is 52.0 Å². The Labute approximate surface area is 180 Å². The van der Waals surface area contributed by atoms with E-state index in [1.165, 1.54) is 11.3 Å². The first-order valence-corrected chi connectivity index (χ1v) is 10.6. The molecule has 0 atom stereocenters. The van der Waals surface area contributed by atoms with E-state index in [9.17, 15) is 0 Å². The first kappa shape index (κ1) is 21.4. The standard InChI is InChI=1S/C22H26N4O3S/c1-15-25-20(22(24)30-15)16-5-9-18(10-6-16)28-13-3-2-4-14-29-19-11-7-17(8-12-19)21(23)26-27/h5-12,27H,2-4,13-14,24H2,1H3,(H2,23,26). The molecule has 0 amide bonds. The van der Waals surface area contributed by atoms with Crippen molar-refractivity contribution < 1.29 is 14.7 Å². The van der Waals surface area contributed by atoms with Gasteiger partial charge in [0.1, 0.15) is 22.2 Å². The van der Waals surface area contributed by atoms with Gasteiger partial charge in [-0.15, -0.1) is 11.3 Å². The van der Waals surface area contributed by atoms with Gasteiger partial charge in [0.25, 0.3) is 0 Å². The van der Waals surface area contributed by atoms with Crippen LogP contribution in [0, 0.1) is 6.92 Å². The van der Waals surface area contributed by atoms with Gasteiger partial charge in [-0.2, -0.15) is 0 Å². The highest BCUT2D eigenvalue weighted by Crippen LogP contribution is 2.31. The number of nitrogens with zero attached hydrogens (tertiary/aromatic N) is 2. The Morgan fingerprint density at radius 1 is 0.967 bits per heavy atom. The first-order chi connectivity index (χ1) is 14.6. The van der Waals surface area contributed by atoms with Gasteiger partial charge in [0, 0.05) is 11.1 Å². The minimum absolute atomic E-state index is 0.0820. The molecule has 0 saturated carbocycles. The lowest BCUT2D eigenvalue weighted by molar-refractivity contribution is 0.279. The Kier molecular flexibility index (Phi) is 7.51. The Hall–Kier alpha value is -3.26. The van der Waals surface area contributed by atoms with E-state index in [0.29, 0.717) is 18.8 Å². The number of benzene rings is 2. The number of unbranched alkanes of at least 4 members (excludes halogenated alkanes) is 2. The zero-order valence-electron chi connectivity index (χ0n) is 16.9. The van der Waals surface area contributed by atoms with Crippen molar-refractivity contribution >= 4 is 22.2 Å². The molecule has 0 unspecified atom stereocenters. The monoisotopic (exact) mass is 426 g/mol. The van der Waals surface area contributed by atoms with E-state index < -0.39 is 0 Å². The van der Waals surface area contributed by atoms with E-state index >= 15 is 0 Å². The van der Waals surface area contributed by atoms with Crippen LogP contribution in [0.1, 0.15) is 29.8 Å². The van der Waals surface area contributed by atoms with Gasteiger partial charge >= 0.3 is 0 Å². The molecule has 0 aliphatic heterocycles. The highest BCUT2D eigenvalue weighted by Gasteiger charge is 2.08. The fourth-order valence-corrected chi connectivity index (χ4v) is 3.61. The van der Waals surface area contributed by atoms with Gasteiger partial charge < -0.3 is 26.1 Å². The van der Waals surface area contributed by atoms with Crippen molar-refractivity contribution in [1.29, 1.82) is 0 Å². The fraction of sp³-hybridized carbons (Fsp3) is 0.273. The smallest absolute Gasteiger partial charge is 0.170 e. The van der Waals surface area contributed by atoms with Gasteiger partial charge in [0.15, 0.2) is 5.84 Å². The maximum atomic E-state index is 8.66. The van der Waals surface area contributed by atoms with Crippen LogP contribution in [-0.4, -0.2) is 29.2 Å². The molecule has 2 aromatic carbocycles. The van der Waals surface area contributed by atoms with Crippen LogP contribution in [0.25, 0.3) is 11.3 Å². The molecule has 0 spiro atoms. The van der Waals surface area contributed by atoms with Crippen LogP contribution in [0.3, 0.4) is 0 Å². The van der Waals surface area contributed by atoms with E-state index in [4.69, 9.17) is 26.1 Å². The van der Waals surface area contributed by atoms with Crippen LogP contribution in [0.4, 0.5) is 5.00 Å². The number of amidine groups is 1. The van der Waals surface area contributed by atoms with Crippen LogP contribution in [0.5, 0.6) is 11.5 Å². The molecule has 0 radical (unpaired) electrons. The van der Waals surface area contributed by atoms with E-state index in [2.05, 4.69) is 10.1 Å². The van der Waals surface area contributed by atoms with Crippen LogP contribution in [0.15, 0.2) is 53.7 Å². The van der Waals surface area contributed by atoms with E-state index in [-0.39, 0.29) is 5.84 Å². The molecular formula is C22H26N4O3S. The number of anilines is 1. The number of hydrogen-bond acceptors (Lipinski definition) is 7. The van der Waals surface area contributed by atoms with E-state index in [1.807, 2.05) is 31.2 Å². The molecule has 8 heteroatoms. The molecule has 7 nitrogen and oxygen atoms in total. The summed E-state index contributed by atoms with van der Waals surface area (Å²) < 4.78 is 11.5. The lowest BCUT2D eigenvalue weighted by atomic mass is 10.1. The second-order valence-corrected chi connectivity index (χ2v) is 7.97. The summed E-state index contributed by atoms with van der Waals surface area (Å²) in [6.45, 7) is 3.24. The number of rotatable bonds is 10. The second-order valence-electron chi connectivity index (χ2n) is 6.74. The van der Waals surface area contributed by atoms with Crippen molar-refractivity contribution in [2.24, 2.45) is 10.9 Å². The summed E-state index contributed by atoms with van der Waals surface area (Å²) in [4.78, 5) is 4.47. The molecule has 0 aliphatic carbocycles. The van der Waals surface area contributed by atoms with Crippen LogP contribution < -0.4 is 20.9 Å². The predicted molar refractivity (Wildman–Crippen MR) is 120 cm³/mol. The third-order valence-corrected chi connectivity index (χ3v) is 5.27. The Balaban J connectivity index is 1.32. The summed E-state index contributed by atoms with van der Waals surface area (Å²) in [5.74, 6) is 1.68. The van der Waals surface area contributed by atoms with Crippen molar-refractivity contribution in [2.45, 2.75) is 26.2 Å². The minimum atomic E-state index is 0.0820. The normalized spacial score (nSPS) is 11.4. The molecule has 3 rings (SSSR count). The second kappa shape index (κ2) is 10.5. The Morgan fingerprint density at radius 3 is 2.03 bits per heavy atom. The third-order valence-electron chi connectivity index (χ3n) is 4.47. The highest BCUT2D eigenvalue weighted by atomic mass is 32.1. The van der Waals surface area contributed by atoms with Crippen molar-refractivity contribution in [2.75, 3.05) is 18.9 Å². The highest BCUT2D eigenvalue weighted by molar-refractivity contribution is 7.16. The predicted octanol–water partition coefficient (Wildman–Crippen LogP) is 4.42. The minimum Gasteiger partial charge on any atom is -0.494 e. The largest absolute Gasteiger partial charge is 0.494 e. The number of aromatic nitrogens is 1. The Morgan fingerprint density at radius 2 is 1.53 bits per heavy atom. The van der Waals surface area contributed by atoms with Crippen molar-refractivity contribution in [3.63, 3.8) is 0 Å². The van der Waals surface area contributed by atoms with Gasteiger partial charge in [-0.1, -0.05) is 5.16 Å². The number of nitrogens with two attached hydrogens (primary N) is 2. The maximum Gasteiger partial charge on any atom is 0.170 e. The molecule has 0 bridgehead atoms. The fourth-order valence-electron chi connectivity index (χ4n) is 2.90. The summed E-state index contributed by atoms with van der Waals surface area (Å²) in [7, 11) is 0. The number of aryl methyl sites for hydroxylation is 1. The number of thiazole rings is 1. The molecule has 158 valence electrons. The number of hydrogen-bond donors (Lipinski definition) is 3. The van der Waals surface area contributed by atoms with Crippen LogP contribution in [-0.2, 0) is 0 Å². The number of nitrogen functional groups attached to an aromatic ring is 1. The molecule has 5 N–H and O–H groups in total. The third kappa shape index (κ3) is 5.87. The van der Waals surface area contributed by atoms with Crippen LogP contribution in [0.2, 0.25) is 0 Å². The van der Waals surface area contributed by atoms with Gasteiger partial charge in [0.2, 0.25) is 0 Å². The van der Waals surface area contributed by atoms with Gasteiger partial charge in [-0.3, -0.25) is 0 Å². The molecule has 1 aromatic heterocycles. The van der Waals surface area contributed by atoms with Crippen molar-refractivity contribution in [3.8, 4) is 22.8 Å². The summed E-state index contributed by atoms with van der Waals surface area (Å²) >= 11 is 1.50. The zero-order valence-corrected chi connectivity index (χ0v) is 17.7. The molecule has 0 fully saturated rings. The summed E-state index contributed by atoms with van der Waals surface area (Å²) in [6, 6.07) is 15.0. The molecule has 1 heterocycles. The molecule has 3 aromatic rings. The number of ether oxygens (including phenoxy) is 2.